The van der Waals surface area contributed by atoms with Crippen LogP contribution in [0.25, 0.3) is 11.3 Å². The summed E-state index contributed by atoms with van der Waals surface area (Å²) in [7, 11) is 0. The van der Waals surface area contributed by atoms with Gasteiger partial charge in [-0.25, -0.2) is 4.98 Å². The SMILES string of the molecule is CCOc1ccccc1-c1csc(NC(=O)COc2ccccc2C(C)(C)C)n1. The molecule has 0 saturated carbocycles. The van der Waals surface area contributed by atoms with Crippen molar-refractivity contribution in [2.75, 3.05) is 18.5 Å². The van der Waals surface area contributed by atoms with Crippen molar-refractivity contribution in [2.45, 2.75) is 33.1 Å². The number of benzene rings is 2. The highest BCUT2D eigenvalue weighted by molar-refractivity contribution is 7.14. The van der Waals surface area contributed by atoms with Crippen LogP contribution in [0, 0.1) is 0 Å². The average molecular weight is 411 g/mol. The molecule has 3 rings (SSSR count). The third-order valence-electron chi connectivity index (χ3n) is 4.27. The number of carbonyl (C=O) groups excluding carboxylic acids is 1. The van der Waals surface area contributed by atoms with Crippen LogP contribution >= 0.6 is 11.3 Å². The number of amides is 1. The van der Waals surface area contributed by atoms with Gasteiger partial charge in [0.05, 0.1) is 12.3 Å². The molecule has 3 aromatic rings. The Bertz CT molecular complexity index is 976. The molecule has 0 saturated heterocycles. The maximum absolute atomic E-state index is 12.4. The van der Waals surface area contributed by atoms with E-state index in [4.69, 9.17) is 9.47 Å². The van der Waals surface area contributed by atoms with Gasteiger partial charge in [0.2, 0.25) is 0 Å². The van der Waals surface area contributed by atoms with Crippen LogP contribution < -0.4 is 14.8 Å². The van der Waals surface area contributed by atoms with Crippen molar-refractivity contribution in [3.8, 4) is 22.8 Å². The summed E-state index contributed by atoms with van der Waals surface area (Å²) in [4.78, 5) is 16.9. The van der Waals surface area contributed by atoms with Crippen molar-refractivity contribution < 1.29 is 14.3 Å². The Morgan fingerprint density at radius 2 is 1.72 bits per heavy atom. The molecule has 1 aromatic heterocycles. The number of anilines is 1. The fourth-order valence-corrected chi connectivity index (χ4v) is 3.65. The average Bonchev–Trinajstić information content (AvgIpc) is 3.15. The Morgan fingerprint density at radius 1 is 1.03 bits per heavy atom. The van der Waals surface area contributed by atoms with E-state index in [1.807, 2.05) is 60.8 Å². The molecular formula is C23H26N2O3S. The molecule has 0 aliphatic carbocycles. The number of rotatable bonds is 7. The van der Waals surface area contributed by atoms with Crippen LogP contribution in [0.1, 0.15) is 33.3 Å². The van der Waals surface area contributed by atoms with Gasteiger partial charge in [0.15, 0.2) is 11.7 Å². The predicted molar refractivity (Wildman–Crippen MR) is 118 cm³/mol. The molecule has 1 amide bonds. The van der Waals surface area contributed by atoms with Crippen LogP contribution in [-0.4, -0.2) is 24.1 Å². The molecule has 5 nitrogen and oxygen atoms in total. The number of thiazole rings is 1. The number of carbonyl (C=O) groups is 1. The Balaban J connectivity index is 1.65. The van der Waals surface area contributed by atoms with Gasteiger partial charge in [-0.2, -0.15) is 0 Å². The second-order valence-corrected chi connectivity index (χ2v) is 8.41. The number of hydrogen-bond donors (Lipinski definition) is 1. The van der Waals surface area contributed by atoms with Gasteiger partial charge in [-0.15, -0.1) is 11.3 Å². The number of nitrogens with one attached hydrogen (secondary N) is 1. The van der Waals surface area contributed by atoms with Crippen LogP contribution in [0.3, 0.4) is 0 Å². The molecule has 1 heterocycles. The first-order valence-corrected chi connectivity index (χ1v) is 10.5. The van der Waals surface area contributed by atoms with Crippen molar-refractivity contribution in [2.24, 2.45) is 0 Å². The second kappa shape index (κ2) is 9.09. The fraction of sp³-hybridized carbons (Fsp3) is 0.304. The minimum Gasteiger partial charge on any atom is -0.493 e. The van der Waals surface area contributed by atoms with Gasteiger partial charge >= 0.3 is 0 Å². The van der Waals surface area contributed by atoms with E-state index in [1.54, 1.807) is 0 Å². The lowest BCUT2D eigenvalue weighted by atomic mass is 9.86. The summed E-state index contributed by atoms with van der Waals surface area (Å²) in [5, 5.41) is 5.25. The van der Waals surface area contributed by atoms with E-state index in [0.29, 0.717) is 11.7 Å². The highest BCUT2D eigenvalue weighted by Gasteiger charge is 2.19. The first-order chi connectivity index (χ1) is 13.9. The maximum atomic E-state index is 12.4. The van der Waals surface area contributed by atoms with Crippen molar-refractivity contribution >= 4 is 22.4 Å². The number of aromatic nitrogens is 1. The second-order valence-electron chi connectivity index (χ2n) is 7.55. The predicted octanol–water partition coefficient (Wildman–Crippen LogP) is 5.52. The lowest BCUT2D eigenvalue weighted by Gasteiger charge is -2.22. The summed E-state index contributed by atoms with van der Waals surface area (Å²) in [6.07, 6.45) is 0. The molecule has 0 spiro atoms. The zero-order chi connectivity index (χ0) is 20.9. The zero-order valence-corrected chi connectivity index (χ0v) is 18.0. The standard InChI is InChI=1S/C23H26N2O3S/c1-5-27-19-12-8-6-10-16(19)18-15-29-22(24-18)25-21(26)14-28-20-13-9-7-11-17(20)23(2,3)4/h6-13,15H,5,14H2,1-4H3,(H,24,25,26). The van der Waals surface area contributed by atoms with Crippen LogP contribution in [0.15, 0.2) is 53.9 Å². The largest absolute Gasteiger partial charge is 0.493 e. The Kier molecular flexibility index (Phi) is 6.54. The van der Waals surface area contributed by atoms with Gasteiger partial charge in [-0.3, -0.25) is 10.1 Å². The minimum absolute atomic E-state index is 0.0643. The summed E-state index contributed by atoms with van der Waals surface area (Å²) in [6.45, 7) is 8.81. The maximum Gasteiger partial charge on any atom is 0.264 e. The van der Waals surface area contributed by atoms with Gasteiger partial charge in [0, 0.05) is 10.9 Å². The smallest absolute Gasteiger partial charge is 0.264 e. The van der Waals surface area contributed by atoms with E-state index < -0.39 is 0 Å². The number of para-hydroxylation sites is 2. The number of ether oxygens (including phenoxy) is 2. The van der Waals surface area contributed by atoms with E-state index in [9.17, 15) is 4.79 Å². The molecular weight excluding hydrogens is 384 g/mol. The highest BCUT2D eigenvalue weighted by atomic mass is 32.1. The topological polar surface area (TPSA) is 60.5 Å². The lowest BCUT2D eigenvalue weighted by Crippen LogP contribution is -2.21. The first kappa shape index (κ1) is 20.9. The third-order valence-corrected chi connectivity index (χ3v) is 5.02. The third kappa shape index (κ3) is 5.35. The molecule has 0 atom stereocenters. The number of hydrogen-bond acceptors (Lipinski definition) is 5. The van der Waals surface area contributed by atoms with Crippen LogP contribution in [-0.2, 0) is 10.2 Å². The first-order valence-electron chi connectivity index (χ1n) is 9.58. The summed E-state index contributed by atoms with van der Waals surface area (Å²) < 4.78 is 11.5. The molecule has 152 valence electrons. The van der Waals surface area contributed by atoms with Crippen LogP contribution in [0.4, 0.5) is 5.13 Å². The van der Waals surface area contributed by atoms with Gasteiger partial charge in [0.25, 0.3) is 5.91 Å². The van der Waals surface area contributed by atoms with E-state index in [2.05, 4.69) is 31.1 Å². The van der Waals surface area contributed by atoms with E-state index in [1.165, 1.54) is 11.3 Å². The lowest BCUT2D eigenvalue weighted by molar-refractivity contribution is -0.118. The molecule has 0 bridgehead atoms. The van der Waals surface area contributed by atoms with Crippen molar-refractivity contribution in [1.82, 2.24) is 4.98 Å². The Labute approximate surface area is 175 Å². The summed E-state index contributed by atoms with van der Waals surface area (Å²) in [5.41, 5.74) is 2.68. The van der Waals surface area contributed by atoms with E-state index >= 15 is 0 Å². The molecule has 6 heteroatoms. The fourth-order valence-electron chi connectivity index (χ4n) is 2.93. The van der Waals surface area contributed by atoms with Crippen molar-refractivity contribution in [1.29, 1.82) is 0 Å². The monoisotopic (exact) mass is 410 g/mol. The molecule has 0 aliphatic heterocycles. The van der Waals surface area contributed by atoms with Crippen LogP contribution in [0.5, 0.6) is 11.5 Å². The summed E-state index contributed by atoms with van der Waals surface area (Å²) in [5.74, 6) is 1.26. The summed E-state index contributed by atoms with van der Waals surface area (Å²) >= 11 is 1.37. The molecule has 0 unspecified atom stereocenters. The van der Waals surface area contributed by atoms with Crippen LogP contribution in [0.2, 0.25) is 0 Å². The van der Waals surface area contributed by atoms with Gasteiger partial charge < -0.3 is 9.47 Å². The Morgan fingerprint density at radius 3 is 2.45 bits per heavy atom. The minimum atomic E-state index is -0.243. The van der Waals surface area contributed by atoms with Gasteiger partial charge in [-0.05, 0) is 36.1 Å². The number of nitrogens with zero attached hydrogens (tertiary/aromatic N) is 1. The Hall–Kier alpha value is -2.86. The normalized spacial score (nSPS) is 11.2. The van der Waals surface area contributed by atoms with Crippen molar-refractivity contribution in [3.05, 3.63) is 59.5 Å². The molecule has 0 fully saturated rings. The summed E-state index contributed by atoms with van der Waals surface area (Å²) in [6, 6.07) is 15.5. The molecule has 2 aromatic carbocycles. The highest BCUT2D eigenvalue weighted by Crippen LogP contribution is 2.33. The van der Waals surface area contributed by atoms with Gasteiger partial charge in [-0.1, -0.05) is 51.1 Å². The van der Waals surface area contributed by atoms with E-state index in [-0.39, 0.29) is 17.9 Å². The zero-order valence-electron chi connectivity index (χ0n) is 17.2. The quantitative estimate of drug-likeness (QED) is 0.557. The van der Waals surface area contributed by atoms with Gasteiger partial charge in [0.1, 0.15) is 11.5 Å². The molecule has 29 heavy (non-hydrogen) atoms. The molecule has 1 N–H and O–H groups in total. The van der Waals surface area contributed by atoms with Crippen molar-refractivity contribution in [3.63, 3.8) is 0 Å². The molecule has 0 aliphatic rings. The molecule has 0 radical (unpaired) electrons. The van der Waals surface area contributed by atoms with E-state index in [0.717, 1.165) is 28.3 Å².